The standard InChI is InChI=1S/C39H42N4O7/c1-49-32-19-17-31(18-20-32)33(25-41-35(45)38(21-22-38)43-37(47)50-26-30-15-9-4-10-16-30)34(44)42-27-39(48,23-28-11-5-2-6-12-28)36(46)40-24-29-13-7-3-8-14-29/h2-20,33,48H,21-27H2,1H3,(H,40,46)(H,41,45)(H,42,44)(H,43,47)/t33-,39+/m0/s1. The number of amides is 4. The molecule has 0 saturated heterocycles. The second-order valence-corrected chi connectivity index (χ2v) is 12.4. The van der Waals surface area contributed by atoms with Crippen LogP contribution in [0.2, 0.25) is 0 Å². The van der Waals surface area contributed by atoms with Gasteiger partial charge in [-0.05, 0) is 47.2 Å². The molecule has 1 aliphatic carbocycles. The molecule has 1 fully saturated rings. The van der Waals surface area contributed by atoms with E-state index in [0.717, 1.165) is 11.1 Å². The number of carbonyl (C=O) groups is 4. The van der Waals surface area contributed by atoms with Crippen molar-refractivity contribution in [1.29, 1.82) is 0 Å². The average Bonchev–Trinajstić information content (AvgIpc) is 3.94. The molecular weight excluding hydrogens is 636 g/mol. The summed E-state index contributed by atoms with van der Waals surface area (Å²) in [5.74, 6) is -1.92. The smallest absolute Gasteiger partial charge is 0.408 e. The van der Waals surface area contributed by atoms with Crippen LogP contribution < -0.4 is 26.0 Å². The van der Waals surface area contributed by atoms with Crippen molar-refractivity contribution in [3.05, 3.63) is 138 Å². The molecule has 5 N–H and O–H groups in total. The Morgan fingerprint density at radius 1 is 0.760 bits per heavy atom. The van der Waals surface area contributed by atoms with Crippen LogP contribution in [-0.4, -0.2) is 60.3 Å². The fourth-order valence-corrected chi connectivity index (χ4v) is 5.51. The highest BCUT2D eigenvalue weighted by molar-refractivity contribution is 5.94. The van der Waals surface area contributed by atoms with Crippen molar-refractivity contribution < 1.29 is 33.8 Å². The third-order valence-electron chi connectivity index (χ3n) is 8.65. The number of hydrogen-bond acceptors (Lipinski definition) is 7. The quantitative estimate of drug-likeness (QED) is 0.121. The van der Waals surface area contributed by atoms with E-state index < -0.39 is 40.9 Å². The summed E-state index contributed by atoms with van der Waals surface area (Å²) in [5.41, 5.74) is -0.168. The molecule has 260 valence electrons. The van der Waals surface area contributed by atoms with E-state index in [4.69, 9.17) is 9.47 Å². The van der Waals surface area contributed by atoms with Crippen LogP contribution in [0.25, 0.3) is 0 Å². The molecule has 1 aliphatic rings. The number of carbonyl (C=O) groups excluding carboxylic acids is 4. The van der Waals surface area contributed by atoms with E-state index in [1.165, 1.54) is 7.11 Å². The molecule has 4 aromatic carbocycles. The zero-order valence-electron chi connectivity index (χ0n) is 27.9. The van der Waals surface area contributed by atoms with Gasteiger partial charge in [-0.1, -0.05) is 103 Å². The minimum atomic E-state index is -1.98. The third-order valence-corrected chi connectivity index (χ3v) is 8.65. The Morgan fingerprint density at radius 3 is 1.92 bits per heavy atom. The monoisotopic (exact) mass is 678 g/mol. The number of benzene rings is 4. The van der Waals surface area contributed by atoms with E-state index in [-0.39, 0.29) is 32.7 Å². The van der Waals surface area contributed by atoms with Crippen molar-refractivity contribution in [3.8, 4) is 5.75 Å². The third kappa shape index (κ3) is 9.70. The highest BCUT2D eigenvalue weighted by Gasteiger charge is 2.52. The molecule has 4 amide bonds. The van der Waals surface area contributed by atoms with Crippen LogP contribution >= 0.6 is 0 Å². The first-order chi connectivity index (χ1) is 24.2. The second-order valence-electron chi connectivity index (χ2n) is 12.4. The van der Waals surface area contributed by atoms with E-state index in [0.29, 0.717) is 29.7 Å². The minimum absolute atomic E-state index is 0.0484. The number of nitrogens with one attached hydrogen (secondary N) is 4. The maximum Gasteiger partial charge on any atom is 0.408 e. The van der Waals surface area contributed by atoms with E-state index >= 15 is 0 Å². The zero-order valence-corrected chi connectivity index (χ0v) is 27.9. The van der Waals surface area contributed by atoms with Crippen LogP contribution in [0.5, 0.6) is 5.75 Å². The average molecular weight is 679 g/mol. The van der Waals surface area contributed by atoms with Gasteiger partial charge in [0.05, 0.1) is 19.6 Å². The number of rotatable bonds is 16. The Hall–Kier alpha value is -5.68. The Bertz CT molecular complexity index is 1730. The van der Waals surface area contributed by atoms with Crippen molar-refractivity contribution in [1.82, 2.24) is 21.3 Å². The van der Waals surface area contributed by atoms with Gasteiger partial charge in [-0.3, -0.25) is 14.4 Å². The summed E-state index contributed by atoms with van der Waals surface area (Å²) in [4.78, 5) is 53.3. The highest BCUT2D eigenvalue weighted by Crippen LogP contribution is 2.36. The van der Waals surface area contributed by atoms with Gasteiger partial charge in [-0.25, -0.2) is 4.79 Å². The van der Waals surface area contributed by atoms with Crippen LogP contribution in [0, 0.1) is 0 Å². The van der Waals surface area contributed by atoms with Gasteiger partial charge in [0, 0.05) is 19.5 Å². The van der Waals surface area contributed by atoms with Gasteiger partial charge in [0.25, 0.3) is 5.91 Å². The molecule has 11 nitrogen and oxygen atoms in total. The molecule has 0 spiro atoms. The normalized spacial score (nSPS) is 14.6. The molecule has 2 atom stereocenters. The molecule has 5 rings (SSSR count). The van der Waals surface area contributed by atoms with Crippen LogP contribution in [0.1, 0.15) is 41.0 Å². The van der Waals surface area contributed by atoms with Gasteiger partial charge in [-0.15, -0.1) is 0 Å². The lowest BCUT2D eigenvalue weighted by atomic mass is 9.92. The first-order valence-corrected chi connectivity index (χ1v) is 16.5. The van der Waals surface area contributed by atoms with Gasteiger partial charge in [0.15, 0.2) is 5.60 Å². The molecule has 0 unspecified atom stereocenters. The Kier molecular flexibility index (Phi) is 11.8. The molecule has 1 saturated carbocycles. The molecule has 0 aromatic heterocycles. The molecule has 11 heteroatoms. The molecule has 4 aromatic rings. The summed E-state index contributed by atoms with van der Waals surface area (Å²) >= 11 is 0. The number of ether oxygens (including phenoxy) is 2. The first kappa shape index (κ1) is 35.6. The molecule has 0 bridgehead atoms. The first-order valence-electron chi connectivity index (χ1n) is 16.5. The molecule has 50 heavy (non-hydrogen) atoms. The number of methoxy groups -OCH3 is 1. The van der Waals surface area contributed by atoms with E-state index in [2.05, 4.69) is 21.3 Å². The number of hydrogen-bond donors (Lipinski definition) is 5. The van der Waals surface area contributed by atoms with Gasteiger partial charge in [-0.2, -0.15) is 0 Å². The largest absolute Gasteiger partial charge is 0.497 e. The summed E-state index contributed by atoms with van der Waals surface area (Å²) in [6, 6.07) is 34.4. The van der Waals surface area contributed by atoms with Gasteiger partial charge in [0.2, 0.25) is 11.8 Å². The second kappa shape index (κ2) is 16.6. The summed E-state index contributed by atoms with van der Waals surface area (Å²) in [5, 5.41) is 22.8. The topological polar surface area (TPSA) is 155 Å². The predicted octanol–water partition coefficient (Wildman–Crippen LogP) is 3.76. The summed E-state index contributed by atoms with van der Waals surface area (Å²) in [6.07, 6.45) is 0.0778. The van der Waals surface area contributed by atoms with Crippen LogP contribution in [0.4, 0.5) is 4.79 Å². The van der Waals surface area contributed by atoms with Crippen molar-refractivity contribution in [2.24, 2.45) is 0 Å². The maximum atomic E-state index is 13.8. The number of alkyl carbamates (subject to hydrolysis) is 1. The molecule has 0 radical (unpaired) electrons. The van der Waals surface area contributed by atoms with Gasteiger partial charge >= 0.3 is 6.09 Å². The van der Waals surface area contributed by atoms with Crippen LogP contribution in [0.3, 0.4) is 0 Å². The molecule has 0 heterocycles. The summed E-state index contributed by atoms with van der Waals surface area (Å²) < 4.78 is 10.6. The lowest BCUT2D eigenvalue weighted by Crippen LogP contribution is -2.56. The minimum Gasteiger partial charge on any atom is -0.497 e. The fourth-order valence-electron chi connectivity index (χ4n) is 5.51. The van der Waals surface area contributed by atoms with Crippen molar-refractivity contribution in [3.63, 3.8) is 0 Å². The lowest BCUT2D eigenvalue weighted by Gasteiger charge is -2.29. The van der Waals surface area contributed by atoms with E-state index in [9.17, 15) is 24.3 Å². The Morgan fingerprint density at radius 2 is 1.34 bits per heavy atom. The number of aliphatic hydroxyl groups is 1. The van der Waals surface area contributed by atoms with Crippen molar-refractivity contribution >= 4 is 23.8 Å². The summed E-state index contributed by atoms with van der Waals surface area (Å²) in [7, 11) is 1.53. The molecule has 0 aliphatic heterocycles. The highest BCUT2D eigenvalue weighted by atomic mass is 16.5. The van der Waals surface area contributed by atoms with Gasteiger partial charge < -0.3 is 35.8 Å². The fraction of sp³-hybridized carbons (Fsp3) is 0.282. The Balaban J connectivity index is 1.26. The zero-order chi connectivity index (χ0) is 35.4. The van der Waals surface area contributed by atoms with Crippen molar-refractivity contribution in [2.75, 3.05) is 20.2 Å². The summed E-state index contributed by atoms with van der Waals surface area (Å²) in [6.45, 7) is -0.247. The van der Waals surface area contributed by atoms with Crippen molar-refractivity contribution in [2.45, 2.75) is 49.5 Å². The Labute approximate surface area is 291 Å². The predicted molar refractivity (Wildman–Crippen MR) is 187 cm³/mol. The molecular formula is C39H42N4O7. The van der Waals surface area contributed by atoms with Crippen LogP contribution in [-0.2, 0) is 38.7 Å². The lowest BCUT2D eigenvalue weighted by molar-refractivity contribution is -0.140. The maximum absolute atomic E-state index is 13.8. The van der Waals surface area contributed by atoms with E-state index in [1.54, 1.807) is 36.4 Å². The van der Waals surface area contributed by atoms with Gasteiger partial charge in [0.1, 0.15) is 17.9 Å². The van der Waals surface area contributed by atoms with E-state index in [1.807, 2.05) is 78.9 Å². The SMILES string of the molecule is COc1ccc([C@H](CNC(=O)C2(NC(=O)OCc3ccccc3)CC2)C(=O)NC[C@](O)(Cc2ccccc2)C(=O)NCc2ccccc2)cc1. The van der Waals surface area contributed by atoms with Crippen LogP contribution in [0.15, 0.2) is 115 Å².